The SMILES string of the molecule is COc1ccc(C(=O)C=C(C)Nc2cccc(Cl)c2C)cc1. The zero-order valence-corrected chi connectivity index (χ0v) is 13.6. The molecule has 0 spiro atoms. The van der Waals surface area contributed by atoms with Gasteiger partial charge in [-0.3, -0.25) is 4.79 Å². The molecule has 0 unspecified atom stereocenters. The van der Waals surface area contributed by atoms with Crippen molar-refractivity contribution in [1.29, 1.82) is 0 Å². The zero-order valence-electron chi connectivity index (χ0n) is 12.8. The molecule has 2 aromatic rings. The summed E-state index contributed by atoms with van der Waals surface area (Å²) in [6.45, 7) is 3.78. The molecule has 0 heterocycles. The van der Waals surface area contributed by atoms with E-state index in [1.807, 2.05) is 32.0 Å². The summed E-state index contributed by atoms with van der Waals surface area (Å²) >= 11 is 6.09. The Balaban J connectivity index is 2.13. The third kappa shape index (κ3) is 3.89. The number of ether oxygens (including phenoxy) is 1. The monoisotopic (exact) mass is 315 g/mol. The summed E-state index contributed by atoms with van der Waals surface area (Å²) in [6.07, 6.45) is 1.57. The normalized spacial score (nSPS) is 11.2. The Bertz CT molecular complexity index is 706. The maximum Gasteiger partial charge on any atom is 0.187 e. The van der Waals surface area contributed by atoms with Crippen LogP contribution in [0.1, 0.15) is 22.8 Å². The van der Waals surface area contributed by atoms with E-state index in [9.17, 15) is 4.79 Å². The number of ketones is 1. The molecule has 0 radical (unpaired) electrons. The van der Waals surface area contributed by atoms with E-state index in [1.165, 1.54) is 0 Å². The summed E-state index contributed by atoms with van der Waals surface area (Å²) < 4.78 is 5.08. The van der Waals surface area contributed by atoms with Crippen molar-refractivity contribution in [1.82, 2.24) is 0 Å². The summed E-state index contributed by atoms with van der Waals surface area (Å²) in [6, 6.07) is 12.7. The molecule has 2 rings (SSSR count). The van der Waals surface area contributed by atoms with Crippen molar-refractivity contribution in [2.75, 3.05) is 12.4 Å². The number of benzene rings is 2. The number of halogens is 1. The van der Waals surface area contributed by atoms with Crippen molar-refractivity contribution in [2.24, 2.45) is 0 Å². The van der Waals surface area contributed by atoms with Gasteiger partial charge in [0.15, 0.2) is 5.78 Å². The molecule has 22 heavy (non-hydrogen) atoms. The molecule has 0 amide bonds. The Morgan fingerprint density at radius 3 is 2.50 bits per heavy atom. The number of allylic oxidation sites excluding steroid dienone is 2. The minimum Gasteiger partial charge on any atom is -0.497 e. The van der Waals surface area contributed by atoms with Crippen molar-refractivity contribution in [3.05, 3.63) is 70.4 Å². The Hall–Kier alpha value is -2.26. The van der Waals surface area contributed by atoms with E-state index in [0.717, 1.165) is 22.7 Å². The number of anilines is 1. The lowest BCUT2D eigenvalue weighted by molar-refractivity contribution is 0.104. The molecule has 0 saturated heterocycles. The van der Waals surface area contributed by atoms with Crippen LogP contribution in [0.25, 0.3) is 0 Å². The molecule has 0 aliphatic heterocycles. The molecule has 0 aliphatic carbocycles. The van der Waals surface area contributed by atoms with Crippen LogP contribution in [0.3, 0.4) is 0 Å². The summed E-state index contributed by atoms with van der Waals surface area (Å²) in [5.74, 6) is 0.664. The number of rotatable bonds is 5. The quantitative estimate of drug-likeness (QED) is 0.633. The number of hydrogen-bond donors (Lipinski definition) is 1. The maximum atomic E-state index is 12.2. The first-order valence-corrected chi connectivity index (χ1v) is 7.28. The fraction of sp³-hybridized carbons (Fsp3) is 0.167. The molecule has 4 heteroatoms. The third-order valence-corrected chi connectivity index (χ3v) is 3.73. The van der Waals surface area contributed by atoms with Crippen molar-refractivity contribution in [2.45, 2.75) is 13.8 Å². The average molecular weight is 316 g/mol. The highest BCUT2D eigenvalue weighted by Gasteiger charge is 2.06. The van der Waals surface area contributed by atoms with Crippen LogP contribution in [0.2, 0.25) is 5.02 Å². The van der Waals surface area contributed by atoms with Gasteiger partial charge in [0.1, 0.15) is 5.75 Å². The molecular formula is C18H18ClNO2. The highest BCUT2D eigenvalue weighted by atomic mass is 35.5. The van der Waals surface area contributed by atoms with Gasteiger partial charge in [0.05, 0.1) is 7.11 Å². The van der Waals surface area contributed by atoms with Gasteiger partial charge >= 0.3 is 0 Å². The topological polar surface area (TPSA) is 38.3 Å². The van der Waals surface area contributed by atoms with Crippen LogP contribution in [0.4, 0.5) is 5.69 Å². The second kappa shape index (κ2) is 7.14. The van der Waals surface area contributed by atoms with Crippen molar-refractivity contribution < 1.29 is 9.53 Å². The highest BCUT2D eigenvalue weighted by molar-refractivity contribution is 6.31. The highest BCUT2D eigenvalue weighted by Crippen LogP contribution is 2.24. The van der Waals surface area contributed by atoms with Gasteiger partial charge < -0.3 is 10.1 Å². The third-order valence-electron chi connectivity index (χ3n) is 3.32. The lowest BCUT2D eigenvalue weighted by Crippen LogP contribution is -2.02. The predicted octanol–water partition coefficient (Wildman–Crippen LogP) is 4.86. The van der Waals surface area contributed by atoms with Gasteiger partial charge in [0, 0.05) is 28.0 Å². The molecule has 0 bridgehead atoms. The number of hydrogen-bond acceptors (Lipinski definition) is 3. The van der Waals surface area contributed by atoms with Crippen LogP contribution in [0.15, 0.2) is 54.2 Å². The molecule has 0 atom stereocenters. The smallest absolute Gasteiger partial charge is 0.187 e. The van der Waals surface area contributed by atoms with Gasteiger partial charge in [-0.25, -0.2) is 0 Å². The maximum absolute atomic E-state index is 12.2. The van der Waals surface area contributed by atoms with E-state index in [-0.39, 0.29) is 5.78 Å². The molecule has 114 valence electrons. The van der Waals surface area contributed by atoms with Crippen molar-refractivity contribution >= 4 is 23.1 Å². The van der Waals surface area contributed by atoms with Crippen LogP contribution < -0.4 is 10.1 Å². The zero-order chi connectivity index (χ0) is 16.1. The number of carbonyl (C=O) groups is 1. The second-order valence-electron chi connectivity index (χ2n) is 4.96. The van der Waals surface area contributed by atoms with Gasteiger partial charge in [-0.1, -0.05) is 17.7 Å². The lowest BCUT2D eigenvalue weighted by Gasteiger charge is -2.10. The Morgan fingerprint density at radius 1 is 1.18 bits per heavy atom. The lowest BCUT2D eigenvalue weighted by atomic mass is 10.1. The molecule has 1 N–H and O–H groups in total. The standard InChI is InChI=1S/C18H18ClNO2/c1-12(20-17-6-4-5-16(19)13(17)2)11-18(21)14-7-9-15(22-3)10-8-14/h4-11,20H,1-3H3. The van der Waals surface area contributed by atoms with E-state index in [1.54, 1.807) is 37.5 Å². The van der Waals surface area contributed by atoms with Crippen LogP contribution in [-0.2, 0) is 0 Å². The summed E-state index contributed by atoms with van der Waals surface area (Å²) in [5, 5.41) is 3.90. The summed E-state index contributed by atoms with van der Waals surface area (Å²) in [4.78, 5) is 12.2. The average Bonchev–Trinajstić information content (AvgIpc) is 2.52. The van der Waals surface area contributed by atoms with E-state index in [0.29, 0.717) is 10.6 Å². The van der Waals surface area contributed by atoms with Gasteiger partial charge in [0.2, 0.25) is 0 Å². The van der Waals surface area contributed by atoms with Crippen molar-refractivity contribution in [3.63, 3.8) is 0 Å². The molecule has 3 nitrogen and oxygen atoms in total. The molecule has 0 aromatic heterocycles. The fourth-order valence-electron chi connectivity index (χ4n) is 2.03. The Morgan fingerprint density at radius 2 is 1.86 bits per heavy atom. The van der Waals surface area contributed by atoms with E-state index in [2.05, 4.69) is 5.32 Å². The van der Waals surface area contributed by atoms with Crippen LogP contribution >= 0.6 is 11.6 Å². The first kappa shape index (κ1) is 16.1. The van der Waals surface area contributed by atoms with Crippen LogP contribution in [0, 0.1) is 6.92 Å². The minimum absolute atomic E-state index is 0.0627. The van der Waals surface area contributed by atoms with Crippen LogP contribution in [0.5, 0.6) is 5.75 Å². The number of carbonyl (C=O) groups excluding carboxylic acids is 1. The van der Waals surface area contributed by atoms with Crippen molar-refractivity contribution in [3.8, 4) is 5.75 Å². The van der Waals surface area contributed by atoms with Crippen LogP contribution in [-0.4, -0.2) is 12.9 Å². The first-order valence-electron chi connectivity index (χ1n) is 6.90. The Kier molecular flexibility index (Phi) is 5.23. The summed E-state index contributed by atoms with van der Waals surface area (Å²) in [5.41, 5.74) is 3.22. The summed E-state index contributed by atoms with van der Waals surface area (Å²) in [7, 11) is 1.60. The van der Waals surface area contributed by atoms with Gasteiger partial charge in [-0.2, -0.15) is 0 Å². The first-order chi connectivity index (χ1) is 10.5. The number of nitrogens with one attached hydrogen (secondary N) is 1. The minimum atomic E-state index is -0.0627. The Labute approximate surface area is 135 Å². The molecule has 0 saturated carbocycles. The molecular weight excluding hydrogens is 298 g/mol. The van der Waals surface area contributed by atoms with Gasteiger partial charge in [-0.05, 0) is 55.8 Å². The van der Waals surface area contributed by atoms with E-state index in [4.69, 9.17) is 16.3 Å². The van der Waals surface area contributed by atoms with Gasteiger partial charge in [-0.15, -0.1) is 0 Å². The molecule has 0 fully saturated rings. The second-order valence-corrected chi connectivity index (χ2v) is 5.36. The molecule has 2 aromatic carbocycles. The predicted molar refractivity (Wildman–Crippen MR) is 90.9 cm³/mol. The van der Waals surface area contributed by atoms with E-state index >= 15 is 0 Å². The van der Waals surface area contributed by atoms with E-state index < -0.39 is 0 Å². The fourth-order valence-corrected chi connectivity index (χ4v) is 2.20. The molecule has 0 aliphatic rings. The number of methoxy groups -OCH3 is 1. The van der Waals surface area contributed by atoms with Gasteiger partial charge in [0.25, 0.3) is 0 Å². The largest absolute Gasteiger partial charge is 0.497 e.